The second-order valence-corrected chi connectivity index (χ2v) is 5.50. The van der Waals surface area contributed by atoms with E-state index in [9.17, 15) is 5.26 Å². The van der Waals surface area contributed by atoms with Gasteiger partial charge in [-0.2, -0.15) is 5.26 Å². The number of hydrogen-bond donors (Lipinski definition) is 1. The molecule has 0 amide bonds. The lowest BCUT2D eigenvalue weighted by atomic mass is 9.96. The molecule has 2 aromatic heterocycles. The maximum atomic E-state index is 9.20. The second-order valence-electron chi connectivity index (χ2n) is 5.50. The van der Waals surface area contributed by atoms with Gasteiger partial charge in [-0.25, -0.2) is 15.0 Å². The first-order valence-electron chi connectivity index (χ1n) is 7.19. The molecule has 0 bridgehead atoms. The fourth-order valence-corrected chi connectivity index (χ4v) is 2.95. The average Bonchev–Trinajstić information content (AvgIpc) is 2.52. The number of halogens is 1. The van der Waals surface area contributed by atoms with Crippen molar-refractivity contribution >= 4 is 29.3 Å². The van der Waals surface area contributed by atoms with Crippen molar-refractivity contribution in [2.24, 2.45) is 5.92 Å². The SMILES string of the molecule is C[C@@H]1CNC[C@H](N(CC#N)c2ccnc3nccnc23)C1.Cl. The third-order valence-corrected chi connectivity index (χ3v) is 3.89. The van der Waals surface area contributed by atoms with Crippen LogP contribution in [0.5, 0.6) is 0 Å². The maximum Gasteiger partial charge on any atom is 0.180 e. The summed E-state index contributed by atoms with van der Waals surface area (Å²) in [6, 6.07) is 4.49. The summed E-state index contributed by atoms with van der Waals surface area (Å²) in [6.45, 7) is 4.49. The Bertz CT molecular complexity index is 665. The Morgan fingerprint density at radius 2 is 2.05 bits per heavy atom. The molecule has 1 aliphatic rings. The highest BCUT2D eigenvalue weighted by molar-refractivity contribution is 5.85. The van der Waals surface area contributed by atoms with Crippen molar-refractivity contribution in [3.63, 3.8) is 0 Å². The lowest BCUT2D eigenvalue weighted by Gasteiger charge is -2.37. The minimum atomic E-state index is 0. The van der Waals surface area contributed by atoms with E-state index in [1.807, 2.05) is 6.07 Å². The van der Waals surface area contributed by atoms with Gasteiger partial charge in [0.2, 0.25) is 0 Å². The first-order valence-corrected chi connectivity index (χ1v) is 7.19. The number of aromatic nitrogens is 3. The normalized spacial score (nSPS) is 20.9. The standard InChI is InChI=1S/C15H18N6.ClH/c1-11-8-12(10-17-9-11)21(7-3-16)13-2-4-19-15-14(13)18-5-6-20-15;/h2,4-6,11-12,17H,7-10H2,1H3;1H/t11-,12+;/m0./s1. The summed E-state index contributed by atoms with van der Waals surface area (Å²) < 4.78 is 0. The lowest BCUT2D eigenvalue weighted by molar-refractivity contribution is 0.352. The van der Waals surface area contributed by atoms with Gasteiger partial charge >= 0.3 is 0 Å². The van der Waals surface area contributed by atoms with Crippen LogP contribution in [0.15, 0.2) is 24.7 Å². The van der Waals surface area contributed by atoms with Crippen molar-refractivity contribution in [3.8, 4) is 6.07 Å². The van der Waals surface area contributed by atoms with E-state index in [0.29, 0.717) is 24.2 Å². The lowest BCUT2D eigenvalue weighted by Crippen LogP contribution is -2.49. The van der Waals surface area contributed by atoms with Gasteiger partial charge in [0.1, 0.15) is 12.1 Å². The molecule has 0 radical (unpaired) electrons. The van der Waals surface area contributed by atoms with Gasteiger partial charge in [-0.3, -0.25) is 0 Å². The largest absolute Gasteiger partial charge is 0.352 e. The predicted octanol–water partition coefficient (Wildman–Crippen LogP) is 1.77. The summed E-state index contributed by atoms with van der Waals surface area (Å²) in [5.41, 5.74) is 2.32. The number of nitrogens with one attached hydrogen (secondary N) is 1. The van der Waals surface area contributed by atoms with Crippen LogP contribution in [0, 0.1) is 17.2 Å². The number of rotatable bonds is 3. The summed E-state index contributed by atoms with van der Waals surface area (Å²) in [5, 5.41) is 12.6. The summed E-state index contributed by atoms with van der Waals surface area (Å²) in [5.74, 6) is 0.601. The number of piperidine rings is 1. The second kappa shape index (κ2) is 7.34. The number of nitrogens with zero attached hydrogens (tertiary/aromatic N) is 5. The number of pyridine rings is 1. The van der Waals surface area contributed by atoms with Crippen molar-refractivity contribution in [2.45, 2.75) is 19.4 Å². The van der Waals surface area contributed by atoms with E-state index in [1.165, 1.54) is 0 Å². The van der Waals surface area contributed by atoms with E-state index >= 15 is 0 Å². The fourth-order valence-electron chi connectivity index (χ4n) is 2.95. The predicted molar refractivity (Wildman–Crippen MR) is 88.0 cm³/mol. The zero-order chi connectivity index (χ0) is 14.7. The molecule has 0 saturated carbocycles. The van der Waals surface area contributed by atoms with Crippen molar-refractivity contribution < 1.29 is 0 Å². The minimum absolute atomic E-state index is 0. The molecular formula is C15H19ClN6. The van der Waals surface area contributed by atoms with E-state index in [0.717, 1.165) is 30.7 Å². The monoisotopic (exact) mass is 318 g/mol. The van der Waals surface area contributed by atoms with Gasteiger partial charge in [0.15, 0.2) is 5.65 Å². The van der Waals surface area contributed by atoms with Crippen molar-refractivity contribution in [2.75, 3.05) is 24.5 Å². The Hall–Kier alpha value is -1.97. The van der Waals surface area contributed by atoms with Gasteiger partial charge in [-0.1, -0.05) is 6.92 Å². The Kier molecular flexibility index (Phi) is 5.47. The number of fused-ring (bicyclic) bond motifs is 1. The fraction of sp³-hybridized carbons (Fsp3) is 0.467. The van der Waals surface area contributed by atoms with Gasteiger partial charge in [0.05, 0.1) is 11.8 Å². The van der Waals surface area contributed by atoms with Crippen LogP contribution >= 0.6 is 12.4 Å². The van der Waals surface area contributed by atoms with Crippen LogP contribution < -0.4 is 10.2 Å². The smallest absolute Gasteiger partial charge is 0.180 e. The quantitative estimate of drug-likeness (QED) is 0.869. The molecule has 7 heteroatoms. The highest BCUT2D eigenvalue weighted by Crippen LogP contribution is 2.26. The van der Waals surface area contributed by atoms with Gasteiger partial charge in [-0.05, 0) is 24.9 Å². The summed E-state index contributed by atoms with van der Waals surface area (Å²) in [7, 11) is 0. The van der Waals surface area contributed by atoms with Crippen molar-refractivity contribution in [3.05, 3.63) is 24.7 Å². The molecule has 0 aliphatic carbocycles. The van der Waals surface area contributed by atoms with Crippen LogP contribution in [0.4, 0.5) is 5.69 Å². The van der Waals surface area contributed by atoms with E-state index in [-0.39, 0.29) is 12.4 Å². The van der Waals surface area contributed by atoms with Gasteiger partial charge in [0, 0.05) is 31.2 Å². The molecule has 116 valence electrons. The molecule has 0 unspecified atom stereocenters. The van der Waals surface area contributed by atoms with E-state index in [2.05, 4.69) is 38.2 Å². The summed E-state index contributed by atoms with van der Waals surface area (Å²) in [6.07, 6.45) is 6.10. The van der Waals surface area contributed by atoms with Crippen molar-refractivity contribution in [1.29, 1.82) is 5.26 Å². The van der Waals surface area contributed by atoms with Crippen molar-refractivity contribution in [1.82, 2.24) is 20.3 Å². The molecule has 22 heavy (non-hydrogen) atoms. The molecule has 0 spiro atoms. The maximum absolute atomic E-state index is 9.20. The third-order valence-electron chi connectivity index (χ3n) is 3.89. The zero-order valence-electron chi connectivity index (χ0n) is 12.4. The van der Waals surface area contributed by atoms with Gasteiger partial charge in [0.25, 0.3) is 0 Å². The Labute approximate surface area is 136 Å². The van der Waals surface area contributed by atoms with Crippen LogP contribution in [0.2, 0.25) is 0 Å². The molecule has 1 saturated heterocycles. The molecule has 2 atom stereocenters. The summed E-state index contributed by atoms with van der Waals surface area (Å²) >= 11 is 0. The molecule has 2 aromatic rings. The van der Waals surface area contributed by atoms with E-state index in [1.54, 1.807) is 18.6 Å². The molecule has 1 N–H and O–H groups in total. The van der Waals surface area contributed by atoms with Crippen LogP contribution in [0.3, 0.4) is 0 Å². The first kappa shape index (κ1) is 16.4. The minimum Gasteiger partial charge on any atom is -0.352 e. The molecule has 6 nitrogen and oxygen atoms in total. The molecule has 1 fully saturated rings. The Balaban J connectivity index is 0.00000176. The zero-order valence-corrected chi connectivity index (χ0v) is 13.3. The van der Waals surface area contributed by atoms with Crippen LogP contribution in [0.1, 0.15) is 13.3 Å². The molecular weight excluding hydrogens is 300 g/mol. The highest BCUT2D eigenvalue weighted by Gasteiger charge is 2.26. The van der Waals surface area contributed by atoms with Crippen LogP contribution in [-0.2, 0) is 0 Å². The number of anilines is 1. The summed E-state index contributed by atoms with van der Waals surface area (Å²) in [4.78, 5) is 15.0. The number of nitriles is 1. The number of hydrogen-bond acceptors (Lipinski definition) is 6. The van der Waals surface area contributed by atoms with Gasteiger partial charge < -0.3 is 10.2 Å². The van der Waals surface area contributed by atoms with Gasteiger partial charge in [-0.15, -0.1) is 12.4 Å². The molecule has 3 rings (SSSR count). The van der Waals surface area contributed by atoms with E-state index < -0.39 is 0 Å². The van der Waals surface area contributed by atoms with E-state index in [4.69, 9.17) is 0 Å². The highest BCUT2D eigenvalue weighted by atomic mass is 35.5. The topological polar surface area (TPSA) is 77.7 Å². The molecule has 3 heterocycles. The Morgan fingerprint density at radius 1 is 1.27 bits per heavy atom. The Morgan fingerprint density at radius 3 is 2.82 bits per heavy atom. The average molecular weight is 319 g/mol. The van der Waals surface area contributed by atoms with Crippen LogP contribution in [0.25, 0.3) is 11.2 Å². The third kappa shape index (κ3) is 3.26. The van der Waals surface area contributed by atoms with Crippen LogP contribution in [-0.4, -0.2) is 40.6 Å². The molecule has 0 aromatic carbocycles. The molecule has 1 aliphatic heterocycles. The first-order chi connectivity index (χ1) is 10.3.